The largest absolute Gasteiger partial charge is 0.481 e. The summed E-state index contributed by atoms with van der Waals surface area (Å²) in [5.41, 5.74) is 6.78. The van der Waals surface area contributed by atoms with E-state index in [4.69, 9.17) is 27.5 Å². The molecule has 0 aliphatic carbocycles. The van der Waals surface area contributed by atoms with Crippen molar-refractivity contribution in [3.63, 3.8) is 0 Å². The molecule has 0 unspecified atom stereocenters. The van der Waals surface area contributed by atoms with E-state index in [1.807, 2.05) is 0 Å². The quantitative estimate of drug-likeness (QED) is 0.740. The second-order valence-corrected chi connectivity index (χ2v) is 5.71. The van der Waals surface area contributed by atoms with Crippen molar-refractivity contribution in [2.75, 3.05) is 6.54 Å². The summed E-state index contributed by atoms with van der Waals surface area (Å²) in [5.74, 6) is -3.37. The smallest absolute Gasteiger partial charge is 0.335 e. The number of nitrogens with two attached hydrogens (primary N) is 1. The summed E-state index contributed by atoms with van der Waals surface area (Å²) >= 11 is 6.15. The number of rotatable bonds is 6. The minimum absolute atomic E-state index is 0.122. The van der Waals surface area contributed by atoms with Crippen LogP contribution in [0.2, 0.25) is 5.02 Å². The molecule has 5 nitrogen and oxygen atoms in total. The van der Waals surface area contributed by atoms with Crippen LogP contribution in [0.3, 0.4) is 0 Å². The Morgan fingerprint density at radius 1 is 1.17 bits per heavy atom. The van der Waals surface area contributed by atoms with E-state index in [0.29, 0.717) is 21.7 Å². The van der Waals surface area contributed by atoms with Crippen molar-refractivity contribution < 1.29 is 24.2 Å². The first-order chi connectivity index (χ1) is 11.3. The molecule has 0 saturated carbocycles. The molecular formula is C17H15ClFNO4. The SMILES string of the molecule is NC[C@H](CC(=O)O)c1ccc(Cl)c(-c2cc(F)cc(C(=O)O)c2)c1. The van der Waals surface area contributed by atoms with Gasteiger partial charge >= 0.3 is 11.9 Å². The number of aliphatic carboxylic acids is 1. The van der Waals surface area contributed by atoms with Gasteiger partial charge in [-0.3, -0.25) is 4.79 Å². The highest BCUT2D eigenvalue weighted by atomic mass is 35.5. The monoisotopic (exact) mass is 351 g/mol. The van der Waals surface area contributed by atoms with Gasteiger partial charge in [0.25, 0.3) is 0 Å². The third-order valence-electron chi connectivity index (χ3n) is 3.62. The van der Waals surface area contributed by atoms with Crippen molar-refractivity contribution in [2.24, 2.45) is 5.73 Å². The summed E-state index contributed by atoms with van der Waals surface area (Å²) < 4.78 is 13.7. The van der Waals surface area contributed by atoms with Crippen LogP contribution in [0.4, 0.5) is 4.39 Å². The number of carboxylic acid groups (broad SMARTS) is 2. The van der Waals surface area contributed by atoms with Crippen LogP contribution in [-0.4, -0.2) is 28.7 Å². The summed E-state index contributed by atoms with van der Waals surface area (Å²) in [6, 6.07) is 8.23. The third-order valence-corrected chi connectivity index (χ3v) is 3.95. The van der Waals surface area contributed by atoms with Crippen LogP contribution in [0, 0.1) is 5.82 Å². The first kappa shape index (κ1) is 17.9. The lowest BCUT2D eigenvalue weighted by molar-refractivity contribution is -0.137. The number of carboxylic acids is 2. The molecule has 0 aliphatic heterocycles. The molecule has 0 radical (unpaired) electrons. The van der Waals surface area contributed by atoms with Gasteiger partial charge in [-0.25, -0.2) is 9.18 Å². The third kappa shape index (κ3) is 4.10. The second kappa shape index (κ2) is 7.42. The first-order valence-electron chi connectivity index (χ1n) is 7.07. The van der Waals surface area contributed by atoms with Gasteiger partial charge in [0.15, 0.2) is 0 Å². The number of carbonyl (C=O) groups is 2. The zero-order valence-electron chi connectivity index (χ0n) is 12.5. The Bertz CT molecular complexity index is 794. The molecule has 1 atom stereocenters. The maximum absolute atomic E-state index is 13.7. The van der Waals surface area contributed by atoms with Gasteiger partial charge in [0.1, 0.15) is 5.82 Å². The fourth-order valence-electron chi connectivity index (χ4n) is 2.43. The zero-order chi connectivity index (χ0) is 17.9. The van der Waals surface area contributed by atoms with Crippen LogP contribution in [0.5, 0.6) is 0 Å². The van der Waals surface area contributed by atoms with E-state index in [0.717, 1.165) is 6.07 Å². The van der Waals surface area contributed by atoms with Crippen LogP contribution in [0.25, 0.3) is 11.1 Å². The molecule has 0 aromatic heterocycles. The van der Waals surface area contributed by atoms with Gasteiger partial charge in [0, 0.05) is 16.5 Å². The maximum Gasteiger partial charge on any atom is 0.335 e. The lowest BCUT2D eigenvalue weighted by Gasteiger charge is -2.15. The summed E-state index contributed by atoms with van der Waals surface area (Å²) in [5, 5.41) is 18.3. The Morgan fingerprint density at radius 3 is 2.46 bits per heavy atom. The number of halogens is 2. The lowest BCUT2D eigenvalue weighted by Crippen LogP contribution is -2.16. The van der Waals surface area contributed by atoms with Crippen LogP contribution in [0.15, 0.2) is 36.4 Å². The molecule has 0 saturated heterocycles. The fraction of sp³-hybridized carbons (Fsp3) is 0.176. The number of aromatic carboxylic acids is 1. The average molecular weight is 352 g/mol. The number of hydrogen-bond acceptors (Lipinski definition) is 3. The molecule has 2 aromatic carbocycles. The van der Waals surface area contributed by atoms with Crippen LogP contribution >= 0.6 is 11.6 Å². The summed E-state index contributed by atoms with van der Waals surface area (Å²) in [6.07, 6.45) is -0.152. The molecule has 0 fully saturated rings. The van der Waals surface area contributed by atoms with Gasteiger partial charge < -0.3 is 15.9 Å². The molecule has 7 heteroatoms. The standard InChI is InChI=1S/C17H15ClFNO4/c18-15-2-1-9(12(8-20)7-16(21)22)6-14(15)10-3-11(17(23)24)5-13(19)4-10/h1-6,12H,7-8,20H2,(H,21,22)(H,23,24)/t12-/m0/s1. The Hall–Kier alpha value is -2.44. The van der Waals surface area contributed by atoms with Gasteiger partial charge in [-0.1, -0.05) is 17.7 Å². The van der Waals surface area contributed by atoms with Crippen molar-refractivity contribution in [1.29, 1.82) is 0 Å². The van der Waals surface area contributed by atoms with E-state index in [1.165, 1.54) is 12.1 Å². The lowest BCUT2D eigenvalue weighted by atomic mass is 9.92. The van der Waals surface area contributed by atoms with E-state index >= 15 is 0 Å². The molecule has 2 rings (SSSR count). The highest BCUT2D eigenvalue weighted by Crippen LogP contribution is 2.33. The molecule has 0 heterocycles. The highest BCUT2D eigenvalue weighted by molar-refractivity contribution is 6.33. The Morgan fingerprint density at radius 2 is 1.88 bits per heavy atom. The van der Waals surface area contributed by atoms with E-state index in [2.05, 4.69) is 0 Å². The van der Waals surface area contributed by atoms with E-state index in [1.54, 1.807) is 18.2 Å². The zero-order valence-corrected chi connectivity index (χ0v) is 13.3. The first-order valence-corrected chi connectivity index (χ1v) is 7.45. The van der Waals surface area contributed by atoms with E-state index < -0.39 is 23.7 Å². The normalized spacial score (nSPS) is 12.0. The number of hydrogen-bond donors (Lipinski definition) is 3. The molecule has 126 valence electrons. The minimum atomic E-state index is -1.26. The van der Waals surface area contributed by atoms with Crippen LogP contribution in [-0.2, 0) is 4.79 Å². The predicted molar refractivity (Wildman–Crippen MR) is 87.9 cm³/mol. The minimum Gasteiger partial charge on any atom is -0.481 e. The van der Waals surface area contributed by atoms with Gasteiger partial charge in [-0.15, -0.1) is 0 Å². The molecule has 0 spiro atoms. The molecule has 24 heavy (non-hydrogen) atoms. The second-order valence-electron chi connectivity index (χ2n) is 5.30. The summed E-state index contributed by atoms with van der Waals surface area (Å²) in [7, 11) is 0. The molecule has 0 bridgehead atoms. The van der Waals surface area contributed by atoms with Crippen molar-refractivity contribution in [3.8, 4) is 11.1 Å². The molecule has 0 aliphatic rings. The number of benzene rings is 2. The molecular weight excluding hydrogens is 337 g/mol. The topological polar surface area (TPSA) is 101 Å². The summed E-state index contributed by atoms with van der Waals surface area (Å²) in [4.78, 5) is 22.0. The average Bonchev–Trinajstić information content (AvgIpc) is 2.52. The van der Waals surface area contributed by atoms with E-state index in [-0.39, 0.29) is 18.5 Å². The Kier molecular flexibility index (Phi) is 5.54. The van der Waals surface area contributed by atoms with Crippen molar-refractivity contribution >= 4 is 23.5 Å². The van der Waals surface area contributed by atoms with Crippen LogP contribution in [0.1, 0.15) is 28.3 Å². The van der Waals surface area contributed by atoms with Crippen molar-refractivity contribution in [3.05, 3.63) is 58.4 Å². The van der Waals surface area contributed by atoms with Gasteiger partial charge in [-0.2, -0.15) is 0 Å². The Labute approximate surface area is 142 Å². The molecule has 4 N–H and O–H groups in total. The van der Waals surface area contributed by atoms with Gasteiger partial charge in [0.05, 0.1) is 12.0 Å². The van der Waals surface area contributed by atoms with Crippen molar-refractivity contribution in [1.82, 2.24) is 0 Å². The Balaban J connectivity index is 2.53. The van der Waals surface area contributed by atoms with Gasteiger partial charge in [-0.05, 0) is 48.0 Å². The fourth-order valence-corrected chi connectivity index (χ4v) is 2.66. The van der Waals surface area contributed by atoms with Crippen molar-refractivity contribution in [2.45, 2.75) is 12.3 Å². The highest BCUT2D eigenvalue weighted by Gasteiger charge is 2.17. The van der Waals surface area contributed by atoms with Crippen LogP contribution < -0.4 is 5.73 Å². The maximum atomic E-state index is 13.7. The predicted octanol–water partition coefficient (Wildman–Crippen LogP) is 3.36. The van der Waals surface area contributed by atoms with E-state index in [9.17, 15) is 14.0 Å². The molecule has 2 aromatic rings. The summed E-state index contributed by atoms with van der Waals surface area (Å²) in [6.45, 7) is 0.122. The molecule has 0 amide bonds. The van der Waals surface area contributed by atoms with Gasteiger partial charge in [0.2, 0.25) is 0 Å².